The molecule has 4 rings (SSSR count). The molecule has 0 bridgehead atoms. The maximum Gasteiger partial charge on any atom is 0.347 e. The van der Waals surface area contributed by atoms with Gasteiger partial charge < -0.3 is 10.6 Å². The summed E-state index contributed by atoms with van der Waals surface area (Å²) in [5.41, 5.74) is 4.12. The number of hydrogen-bond donors (Lipinski definition) is 2. The van der Waals surface area contributed by atoms with Gasteiger partial charge >= 0.3 is 11.7 Å². The smallest absolute Gasteiger partial charge is 0.336 e. The molecule has 0 spiro atoms. The van der Waals surface area contributed by atoms with Gasteiger partial charge in [0, 0.05) is 43.8 Å². The van der Waals surface area contributed by atoms with Crippen LogP contribution < -0.4 is 16.3 Å². The quantitative estimate of drug-likeness (QED) is 0.602. The lowest BCUT2D eigenvalue weighted by Gasteiger charge is -2.35. The summed E-state index contributed by atoms with van der Waals surface area (Å²) in [7, 11) is 0. The number of hydrogen-bond acceptors (Lipinski definition) is 4. The van der Waals surface area contributed by atoms with Gasteiger partial charge in [0.2, 0.25) is 0 Å². The molecule has 2 aromatic carbocycles. The Balaban J connectivity index is 1.32. The second kappa shape index (κ2) is 10.2. The molecule has 0 fully saturated rings. The lowest BCUT2D eigenvalue weighted by atomic mass is 9.98. The Kier molecular flexibility index (Phi) is 6.97. The summed E-state index contributed by atoms with van der Waals surface area (Å²) in [5.74, 6) is 0. The molecule has 3 aromatic rings. The van der Waals surface area contributed by atoms with Crippen molar-refractivity contribution in [1.29, 1.82) is 0 Å². The molecule has 1 unspecified atom stereocenters. The fourth-order valence-electron chi connectivity index (χ4n) is 4.20. The predicted molar refractivity (Wildman–Crippen MR) is 126 cm³/mol. The van der Waals surface area contributed by atoms with E-state index in [4.69, 9.17) is 0 Å². The average molecular weight is 432 g/mol. The molecule has 1 aliphatic rings. The van der Waals surface area contributed by atoms with Crippen LogP contribution in [0, 0.1) is 0 Å². The topological polar surface area (TPSA) is 79.3 Å². The fourth-order valence-corrected chi connectivity index (χ4v) is 4.20. The molecule has 7 nitrogen and oxygen atoms in total. The van der Waals surface area contributed by atoms with Gasteiger partial charge in [-0.3, -0.25) is 9.47 Å². The minimum absolute atomic E-state index is 0.225. The van der Waals surface area contributed by atoms with Crippen LogP contribution in [0.4, 0.5) is 10.5 Å². The third-order valence-electron chi connectivity index (χ3n) is 5.97. The van der Waals surface area contributed by atoms with E-state index in [1.165, 1.54) is 21.9 Å². The fraction of sp³-hybridized carbons (Fsp3) is 0.320. The van der Waals surface area contributed by atoms with Crippen LogP contribution in [0.25, 0.3) is 0 Å². The molecule has 166 valence electrons. The number of nitrogens with zero attached hydrogens (tertiary/aromatic N) is 3. The minimum Gasteiger partial charge on any atom is -0.336 e. The summed E-state index contributed by atoms with van der Waals surface area (Å²) < 4.78 is 1.53. The van der Waals surface area contributed by atoms with Crippen LogP contribution in [0.3, 0.4) is 0 Å². The normalized spacial score (nSPS) is 14.4. The van der Waals surface area contributed by atoms with Crippen LogP contribution in [0.2, 0.25) is 0 Å². The third kappa shape index (κ3) is 5.42. The van der Waals surface area contributed by atoms with E-state index in [-0.39, 0.29) is 17.8 Å². The van der Waals surface area contributed by atoms with E-state index in [9.17, 15) is 9.59 Å². The molecule has 0 radical (unpaired) electrons. The molecule has 1 aromatic heterocycles. The predicted octanol–water partition coefficient (Wildman–Crippen LogP) is 3.25. The highest BCUT2D eigenvalue weighted by molar-refractivity contribution is 5.89. The zero-order chi connectivity index (χ0) is 22.3. The monoisotopic (exact) mass is 431 g/mol. The highest BCUT2D eigenvalue weighted by Gasteiger charge is 2.22. The number of amides is 2. The second-order valence-electron chi connectivity index (χ2n) is 8.12. The van der Waals surface area contributed by atoms with Crippen molar-refractivity contribution >= 4 is 11.7 Å². The largest absolute Gasteiger partial charge is 0.347 e. The molecule has 2 N–H and O–H groups in total. The van der Waals surface area contributed by atoms with Crippen molar-refractivity contribution in [2.75, 3.05) is 18.4 Å². The lowest BCUT2D eigenvalue weighted by molar-refractivity contribution is 0.170. The van der Waals surface area contributed by atoms with Gasteiger partial charge in [-0.1, -0.05) is 43.3 Å². The standard InChI is InChI=1S/C25H29N5O2/c1-2-23(29-14-11-20-8-3-4-9-21(20)18-29)16-27-24(31)28-22-10-5-7-19(15-22)17-30-13-6-12-26-25(30)32/h3-10,12-13,15,23H,2,11,14,16-18H2,1H3,(H2,27,28,31). The van der Waals surface area contributed by atoms with Crippen molar-refractivity contribution in [1.82, 2.24) is 19.8 Å². The average Bonchev–Trinajstić information content (AvgIpc) is 2.81. The number of urea groups is 1. The third-order valence-corrected chi connectivity index (χ3v) is 5.97. The van der Waals surface area contributed by atoms with Crippen LogP contribution in [0.15, 0.2) is 71.8 Å². The Bertz CT molecular complexity index is 1130. The van der Waals surface area contributed by atoms with E-state index >= 15 is 0 Å². The molecule has 0 saturated heterocycles. The summed E-state index contributed by atoms with van der Waals surface area (Å²) in [5, 5.41) is 5.93. The summed E-state index contributed by atoms with van der Waals surface area (Å²) in [6.45, 7) is 5.09. The molecule has 7 heteroatoms. The molecular weight excluding hydrogens is 402 g/mol. The van der Waals surface area contributed by atoms with Crippen molar-refractivity contribution in [3.63, 3.8) is 0 Å². The number of anilines is 1. The molecule has 2 heterocycles. The summed E-state index contributed by atoms with van der Waals surface area (Å²) >= 11 is 0. The lowest BCUT2D eigenvalue weighted by Crippen LogP contribution is -2.46. The van der Waals surface area contributed by atoms with Crippen molar-refractivity contribution < 1.29 is 4.79 Å². The Morgan fingerprint density at radius 1 is 1.12 bits per heavy atom. The minimum atomic E-state index is -0.297. The van der Waals surface area contributed by atoms with Crippen molar-refractivity contribution in [2.45, 2.75) is 38.9 Å². The van der Waals surface area contributed by atoms with Crippen LogP contribution >= 0.6 is 0 Å². The van der Waals surface area contributed by atoms with Gasteiger partial charge in [-0.2, -0.15) is 0 Å². The van der Waals surface area contributed by atoms with E-state index < -0.39 is 0 Å². The first-order valence-corrected chi connectivity index (χ1v) is 11.1. The molecule has 0 saturated carbocycles. The first-order chi connectivity index (χ1) is 15.6. The molecule has 0 aliphatic carbocycles. The highest BCUT2D eigenvalue weighted by Crippen LogP contribution is 2.21. The van der Waals surface area contributed by atoms with Gasteiger partial charge in [0.25, 0.3) is 0 Å². The van der Waals surface area contributed by atoms with Crippen LogP contribution in [-0.2, 0) is 19.5 Å². The Morgan fingerprint density at radius 3 is 2.78 bits per heavy atom. The van der Waals surface area contributed by atoms with E-state index in [0.717, 1.165) is 31.5 Å². The first kappa shape index (κ1) is 21.8. The Hall–Kier alpha value is -3.45. The molecular formula is C25H29N5O2. The maximum atomic E-state index is 12.5. The van der Waals surface area contributed by atoms with Gasteiger partial charge in [0.1, 0.15) is 0 Å². The van der Waals surface area contributed by atoms with Crippen molar-refractivity contribution in [3.05, 3.63) is 94.2 Å². The second-order valence-corrected chi connectivity index (χ2v) is 8.12. The number of benzene rings is 2. The van der Waals surface area contributed by atoms with Gasteiger partial charge in [0.05, 0.1) is 6.54 Å². The van der Waals surface area contributed by atoms with E-state index in [1.807, 2.05) is 24.3 Å². The first-order valence-electron chi connectivity index (χ1n) is 11.1. The molecule has 32 heavy (non-hydrogen) atoms. The molecule has 2 amide bonds. The van der Waals surface area contributed by atoms with Gasteiger partial charge in [0.15, 0.2) is 0 Å². The number of fused-ring (bicyclic) bond motifs is 1. The molecule has 1 aliphatic heterocycles. The Labute approximate surface area is 188 Å². The van der Waals surface area contributed by atoms with E-state index in [2.05, 4.69) is 51.7 Å². The number of carbonyl (C=O) groups excluding carboxylic acids is 1. The van der Waals surface area contributed by atoms with Gasteiger partial charge in [-0.25, -0.2) is 14.6 Å². The number of rotatable bonds is 7. The Morgan fingerprint density at radius 2 is 1.97 bits per heavy atom. The van der Waals surface area contributed by atoms with E-state index in [1.54, 1.807) is 12.3 Å². The van der Waals surface area contributed by atoms with E-state index in [0.29, 0.717) is 18.8 Å². The van der Waals surface area contributed by atoms with Crippen LogP contribution in [0.5, 0.6) is 0 Å². The molecule has 1 atom stereocenters. The van der Waals surface area contributed by atoms with Crippen LogP contribution in [0.1, 0.15) is 30.0 Å². The highest BCUT2D eigenvalue weighted by atomic mass is 16.2. The van der Waals surface area contributed by atoms with Crippen LogP contribution in [-0.4, -0.2) is 39.6 Å². The maximum absolute atomic E-state index is 12.5. The summed E-state index contributed by atoms with van der Waals surface area (Å²) in [6, 6.07) is 17.9. The number of aromatic nitrogens is 2. The number of carbonyl (C=O) groups is 1. The summed E-state index contributed by atoms with van der Waals surface area (Å²) in [6.07, 6.45) is 5.20. The SMILES string of the molecule is CCC(CNC(=O)Nc1cccc(Cn2cccnc2=O)c1)N1CCc2ccccc2C1. The summed E-state index contributed by atoms with van der Waals surface area (Å²) in [4.78, 5) is 30.6. The van der Waals surface area contributed by atoms with Crippen molar-refractivity contribution in [3.8, 4) is 0 Å². The zero-order valence-corrected chi connectivity index (χ0v) is 18.3. The van der Waals surface area contributed by atoms with Gasteiger partial charge in [-0.15, -0.1) is 0 Å². The number of nitrogens with one attached hydrogen (secondary N) is 2. The van der Waals surface area contributed by atoms with Gasteiger partial charge in [-0.05, 0) is 47.7 Å². The zero-order valence-electron chi connectivity index (χ0n) is 18.3. The van der Waals surface area contributed by atoms with Crippen molar-refractivity contribution in [2.24, 2.45) is 0 Å².